The Hall–Kier alpha value is -0.0800. The Morgan fingerprint density at radius 1 is 1.38 bits per heavy atom. The fourth-order valence-corrected chi connectivity index (χ4v) is 2.75. The van der Waals surface area contributed by atoms with Gasteiger partial charge in [-0.2, -0.15) is 0 Å². The van der Waals surface area contributed by atoms with Gasteiger partial charge < -0.3 is 5.32 Å². The standard InChI is InChI=1S/C14H28N2/c1-12(2)6-9-16(13-4-5-13)11-14(3)7-8-15-10-14/h12-13,15H,4-11H2,1-3H3. The van der Waals surface area contributed by atoms with E-state index in [1.54, 1.807) is 0 Å². The van der Waals surface area contributed by atoms with Crippen LogP contribution in [0.1, 0.15) is 46.5 Å². The van der Waals surface area contributed by atoms with Crippen LogP contribution in [0.15, 0.2) is 0 Å². The summed E-state index contributed by atoms with van der Waals surface area (Å²) in [6.45, 7) is 12.2. The fourth-order valence-electron chi connectivity index (χ4n) is 2.75. The molecule has 1 atom stereocenters. The van der Waals surface area contributed by atoms with Crippen molar-refractivity contribution in [3.63, 3.8) is 0 Å². The summed E-state index contributed by atoms with van der Waals surface area (Å²) >= 11 is 0. The zero-order valence-electron chi connectivity index (χ0n) is 11.3. The zero-order chi connectivity index (χ0) is 11.6. The molecule has 2 rings (SSSR count). The molecule has 2 nitrogen and oxygen atoms in total. The molecular formula is C14H28N2. The van der Waals surface area contributed by atoms with Gasteiger partial charge in [-0.15, -0.1) is 0 Å². The first-order chi connectivity index (χ1) is 7.59. The average Bonchev–Trinajstić information content (AvgIpc) is 2.97. The van der Waals surface area contributed by atoms with Gasteiger partial charge in [0.1, 0.15) is 0 Å². The number of rotatable bonds is 6. The first kappa shape index (κ1) is 12.4. The van der Waals surface area contributed by atoms with E-state index in [4.69, 9.17) is 0 Å². The summed E-state index contributed by atoms with van der Waals surface area (Å²) in [7, 11) is 0. The molecule has 0 aromatic carbocycles. The van der Waals surface area contributed by atoms with Crippen LogP contribution in [0.2, 0.25) is 0 Å². The second-order valence-corrected chi connectivity index (χ2v) is 6.62. The molecule has 1 N–H and O–H groups in total. The van der Waals surface area contributed by atoms with E-state index >= 15 is 0 Å². The van der Waals surface area contributed by atoms with Crippen LogP contribution < -0.4 is 5.32 Å². The fraction of sp³-hybridized carbons (Fsp3) is 1.00. The minimum absolute atomic E-state index is 0.541. The van der Waals surface area contributed by atoms with E-state index in [1.807, 2.05) is 0 Å². The van der Waals surface area contributed by atoms with Crippen molar-refractivity contribution in [2.24, 2.45) is 11.3 Å². The van der Waals surface area contributed by atoms with Crippen molar-refractivity contribution >= 4 is 0 Å². The molecule has 1 saturated carbocycles. The molecule has 2 aliphatic rings. The van der Waals surface area contributed by atoms with E-state index in [0.717, 1.165) is 12.0 Å². The minimum atomic E-state index is 0.541. The van der Waals surface area contributed by atoms with Crippen molar-refractivity contribution in [3.8, 4) is 0 Å². The third-order valence-corrected chi connectivity index (χ3v) is 4.10. The molecule has 0 amide bonds. The SMILES string of the molecule is CC(C)CCN(CC1(C)CCNC1)C1CC1. The summed E-state index contributed by atoms with van der Waals surface area (Å²) in [6.07, 6.45) is 5.61. The zero-order valence-corrected chi connectivity index (χ0v) is 11.3. The van der Waals surface area contributed by atoms with Gasteiger partial charge in [0.2, 0.25) is 0 Å². The van der Waals surface area contributed by atoms with Gasteiger partial charge in [-0.1, -0.05) is 20.8 Å². The van der Waals surface area contributed by atoms with Gasteiger partial charge in [-0.3, -0.25) is 4.90 Å². The maximum absolute atomic E-state index is 3.52. The Bertz CT molecular complexity index is 215. The highest BCUT2D eigenvalue weighted by Crippen LogP contribution is 2.33. The van der Waals surface area contributed by atoms with Crippen molar-refractivity contribution in [1.29, 1.82) is 0 Å². The highest BCUT2D eigenvalue weighted by atomic mass is 15.2. The summed E-state index contributed by atoms with van der Waals surface area (Å²) in [5.41, 5.74) is 0.541. The topological polar surface area (TPSA) is 15.3 Å². The summed E-state index contributed by atoms with van der Waals surface area (Å²) in [5, 5.41) is 3.52. The van der Waals surface area contributed by atoms with Gasteiger partial charge in [-0.05, 0) is 50.1 Å². The molecule has 2 heteroatoms. The largest absolute Gasteiger partial charge is 0.316 e. The maximum atomic E-state index is 3.52. The molecule has 94 valence electrons. The molecule has 1 aliphatic heterocycles. The first-order valence-corrected chi connectivity index (χ1v) is 7.04. The van der Waals surface area contributed by atoms with E-state index in [-0.39, 0.29) is 0 Å². The normalized spacial score (nSPS) is 30.6. The second kappa shape index (κ2) is 5.05. The maximum Gasteiger partial charge on any atom is 0.00966 e. The molecule has 0 aromatic heterocycles. The van der Waals surface area contributed by atoms with E-state index in [9.17, 15) is 0 Å². The third-order valence-electron chi connectivity index (χ3n) is 4.10. The van der Waals surface area contributed by atoms with E-state index in [2.05, 4.69) is 31.0 Å². The van der Waals surface area contributed by atoms with E-state index < -0.39 is 0 Å². The van der Waals surface area contributed by atoms with Crippen LogP contribution in [0.3, 0.4) is 0 Å². The Balaban J connectivity index is 1.82. The lowest BCUT2D eigenvalue weighted by molar-refractivity contribution is 0.162. The Labute approximate surface area is 101 Å². The van der Waals surface area contributed by atoms with Crippen LogP contribution in [0.5, 0.6) is 0 Å². The summed E-state index contributed by atoms with van der Waals surface area (Å²) < 4.78 is 0. The van der Waals surface area contributed by atoms with Crippen molar-refractivity contribution in [2.75, 3.05) is 26.2 Å². The molecule has 0 spiro atoms. The average molecular weight is 224 g/mol. The molecule has 1 heterocycles. The van der Waals surface area contributed by atoms with Crippen LogP contribution in [0.25, 0.3) is 0 Å². The Morgan fingerprint density at radius 3 is 2.62 bits per heavy atom. The minimum Gasteiger partial charge on any atom is -0.316 e. The number of hydrogen-bond acceptors (Lipinski definition) is 2. The van der Waals surface area contributed by atoms with Crippen molar-refractivity contribution in [3.05, 3.63) is 0 Å². The predicted molar refractivity (Wildman–Crippen MR) is 69.6 cm³/mol. The highest BCUT2D eigenvalue weighted by Gasteiger charge is 2.36. The van der Waals surface area contributed by atoms with Gasteiger partial charge >= 0.3 is 0 Å². The van der Waals surface area contributed by atoms with Gasteiger partial charge in [0.15, 0.2) is 0 Å². The van der Waals surface area contributed by atoms with Gasteiger partial charge in [0, 0.05) is 19.1 Å². The van der Waals surface area contributed by atoms with E-state index in [0.29, 0.717) is 5.41 Å². The number of hydrogen-bond donors (Lipinski definition) is 1. The Morgan fingerprint density at radius 2 is 2.12 bits per heavy atom. The number of nitrogens with zero attached hydrogens (tertiary/aromatic N) is 1. The van der Waals surface area contributed by atoms with Crippen LogP contribution in [-0.2, 0) is 0 Å². The van der Waals surface area contributed by atoms with Crippen LogP contribution >= 0.6 is 0 Å². The van der Waals surface area contributed by atoms with Crippen LogP contribution in [0.4, 0.5) is 0 Å². The quantitative estimate of drug-likeness (QED) is 0.746. The Kier molecular flexibility index (Phi) is 3.91. The summed E-state index contributed by atoms with van der Waals surface area (Å²) in [4.78, 5) is 2.77. The molecule has 1 unspecified atom stereocenters. The van der Waals surface area contributed by atoms with Crippen LogP contribution in [0, 0.1) is 11.3 Å². The molecule has 0 bridgehead atoms. The monoisotopic (exact) mass is 224 g/mol. The first-order valence-electron chi connectivity index (χ1n) is 7.04. The molecule has 1 saturated heterocycles. The number of nitrogens with one attached hydrogen (secondary N) is 1. The molecular weight excluding hydrogens is 196 g/mol. The molecule has 0 aromatic rings. The van der Waals surface area contributed by atoms with Gasteiger partial charge in [0.05, 0.1) is 0 Å². The lowest BCUT2D eigenvalue weighted by Gasteiger charge is -2.32. The predicted octanol–water partition coefficient (Wildman–Crippen LogP) is 2.50. The summed E-state index contributed by atoms with van der Waals surface area (Å²) in [5.74, 6) is 0.843. The van der Waals surface area contributed by atoms with Crippen molar-refractivity contribution in [2.45, 2.75) is 52.5 Å². The second-order valence-electron chi connectivity index (χ2n) is 6.62. The molecule has 0 radical (unpaired) electrons. The lowest BCUT2D eigenvalue weighted by atomic mass is 9.89. The van der Waals surface area contributed by atoms with Gasteiger partial charge in [-0.25, -0.2) is 0 Å². The lowest BCUT2D eigenvalue weighted by Crippen LogP contribution is -2.39. The molecule has 16 heavy (non-hydrogen) atoms. The van der Waals surface area contributed by atoms with Crippen LogP contribution in [-0.4, -0.2) is 37.1 Å². The summed E-state index contributed by atoms with van der Waals surface area (Å²) in [6, 6.07) is 0.927. The van der Waals surface area contributed by atoms with E-state index in [1.165, 1.54) is 51.9 Å². The smallest absolute Gasteiger partial charge is 0.00966 e. The molecule has 2 fully saturated rings. The van der Waals surface area contributed by atoms with Crippen molar-refractivity contribution in [1.82, 2.24) is 10.2 Å². The molecule has 1 aliphatic carbocycles. The third kappa shape index (κ3) is 3.46. The van der Waals surface area contributed by atoms with Gasteiger partial charge in [0.25, 0.3) is 0 Å². The highest BCUT2D eigenvalue weighted by molar-refractivity contribution is 4.92. The van der Waals surface area contributed by atoms with Crippen molar-refractivity contribution < 1.29 is 0 Å².